The predicted molar refractivity (Wildman–Crippen MR) is 101 cm³/mol. The number of nitrogens with one attached hydrogen (secondary N) is 2. The van der Waals surface area contributed by atoms with E-state index in [0.717, 1.165) is 25.9 Å². The fourth-order valence-corrected chi connectivity index (χ4v) is 4.42. The molecule has 0 atom stereocenters. The zero-order valence-corrected chi connectivity index (χ0v) is 15.9. The Hall–Kier alpha value is -1.81. The van der Waals surface area contributed by atoms with Crippen LogP contribution < -0.4 is 10.0 Å². The Labute approximate surface area is 158 Å². The summed E-state index contributed by atoms with van der Waals surface area (Å²) in [7, 11) is -3.82. The maximum absolute atomic E-state index is 12.8. The van der Waals surface area contributed by atoms with Crippen molar-refractivity contribution in [3.63, 3.8) is 0 Å². The zero-order chi connectivity index (χ0) is 18.1. The number of aromatic nitrogens is 1. The van der Waals surface area contributed by atoms with Gasteiger partial charge in [-0.1, -0.05) is 6.92 Å². The molecule has 0 spiro atoms. The number of halogens is 1. The van der Waals surface area contributed by atoms with Gasteiger partial charge in [-0.05, 0) is 49.5 Å². The maximum Gasteiger partial charge on any atom is 0.278 e. The molecule has 1 aromatic carbocycles. The van der Waals surface area contributed by atoms with Gasteiger partial charge in [0.15, 0.2) is 0 Å². The first-order valence-corrected chi connectivity index (χ1v) is 9.53. The van der Waals surface area contributed by atoms with Crippen molar-refractivity contribution in [2.45, 2.75) is 24.7 Å². The van der Waals surface area contributed by atoms with Crippen LogP contribution in [0.15, 0.2) is 35.4 Å². The van der Waals surface area contributed by atoms with E-state index in [0.29, 0.717) is 6.54 Å². The van der Waals surface area contributed by atoms with Gasteiger partial charge in [-0.15, -0.1) is 12.4 Å². The molecule has 1 saturated heterocycles. The molecule has 2 aromatic rings. The third-order valence-electron chi connectivity index (χ3n) is 4.70. The minimum atomic E-state index is -3.82. The van der Waals surface area contributed by atoms with Crippen molar-refractivity contribution in [1.82, 2.24) is 15.0 Å². The molecule has 1 fully saturated rings. The third-order valence-corrected chi connectivity index (χ3v) is 6.13. The molecule has 0 radical (unpaired) electrons. The molecule has 1 aromatic heterocycles. The Kier molecular flexibility index (Phi) is 6.17. The second kappa shape index (κ2) is 7.83. The lowest BCUT2D eigenvalue weighted by Gasteiger charge is -2.34. The number of hydrogen-bond acceptors (Lipinski definition) is 6. The number of nitro groups is 1. The molecule has 0 aliphatic carbocycles. The number of piperidine rings is 1. The largest absolute Gasteiger partial charge is 0.317 e. The Balaban J connectivity index is 0.00000243. The molecule has 0 bridgehead atoms. The zero-order valence-electron chi connectivity index (χ0n) is 14.3. The fourth-order valence-electron chi connectivity index (χ4n) is 3.06. The average molecular weight is 401 g/mol. The summed E-state index contributed by atoms with van der Waals surface area (Å²) < 4.78 is 28.2. The molecule has 142 valence electrons. The van der Waals surface area contributed by atoms with Crippen molar-refractivity contribution >= 4 is 39.0 Å². The van der Waals surface area contributed by atoms with E-state index in [1.807, 2.05) is 0 Å². The molecule has 1 aliphatic rings. The molecule has 10 heteroatoms. The summed E-state index contributed by atoms with van der Waals surface area (Å²) in [4.78, 5) is 14.7. The van der Waals surface area contributed by atoms with E-state index in [4.69, 9.17) is 0 Å². The van der Waals surface area contributed by atoms with Crippen LogP contribution in [0.4, 0.5) is 5.69 Å². The van der Waals surface area contributed by atoms with E-state index < -0.39 is 14.9 Å². The highest BCUT2D eigenvalue weighted by Gasteiger charge is 2.30. The van der Waals surface area contributed by atoms with Gasteiger partial charge in [-0.2, -0.15) is 0 Å². The Morgan fingerprint density at radius 1 is 1.31 bits per heavy atom. The number of nitrogens with zero attached hydrogens (tertiary/aromatic N) is 2. The molecule has 0 amide bonds. The van der Waals surface area contributed by atoms with Gasteiger partial charge in [0.05, 0.1) is 15.8 Å². The molecule has 26 heavy (non-hydrogen) atoms. The van der Waals surface area contributed by atoms with Crippen LogP contribution in [0.25, 0.3) is 10.9 Å². The van der Waals surface area contributed by atoms with Crippen molar-refractivity contribution in [2.24, 2.45) is 5.41 Å². The normalized spacial score (nSPS) is 16.8. The summed E-state index contributed by atoms with van der Waals surface area (Å²) in [5.74, 6) is 0. The first-order chi connectivity index (χ1) is 11.8. The quantitative estimate of drug-likeness (QED) is 0.587. The highest BCUT2D eigenvalue weighted by molar-refractivity contribution is 7.89. The van der Waals surface area contributed by atoms with Gasteiger partial charge in [-0.3, -0.25) is 15.1 Å². The summed E-state index contributed by atoms with van der Waals surface area (Å²) in [6.45, 7) is 4.10. The molecule has 3 rings (SSSR count). The number of rotatable bonds is 5. The van der Waals surface area contributed by atoms with Crippen LogP contribution in [-0.2, 0) is 10.0 Å². The third kappa shape index (κ3) is 4.12. The Morgan fingerprint density at radius 2 is 2.00 bits per heavy atom. The van der Waals surface area contributed by atoms with Gasteiger partial charge in [-0.25, -0.2) is 13.1 Å². The molecule has 2 heterocycles. The molecular weight excluding hydrogens is 380 g/mol. The summed E-state index contributed by atoms with van der Waals surface area (Å²) in [6.07, 6.45) is 3.20. The van der Waals surface area contributed by atoms with Crippen LogP contribution in [0.5, 0.6) is 0 Å². The lowest BCUT2D eigenvalue weighted by molar-refractivity contribution is -0.383. The van der Waals surface area contributed by atoms with E-state index in [1.54, 1.807) is 6.07 Å². The number of hydrogen-bond donors (Lipinski definition) is 2. The van der Waals surface area contributed by atoms with Crippen LogP contribution in [0.1, 0.15) is 19.8 Å². The topological polar surface area (TPSA) is 114 Å². The van der Waals surface area contributed by atoms with Gasteiger partial charge in [0.25, 0.3) is 5.69 Å². The van der Waals surface area contributed by atoms with Crippen molar-refractivity contribution in [3.8, 4) is 0 Å². The minimum Gasteiger partial charge on any atom is -0.317 e. The highest BCUT2D eigenvalue weighted by Crippen LogP contribution is 2.31. The van der Waals surface area contributed by atoms with Crippen LogP contribution >= 0.6 is 12.4 Å². The SMILES string of the molecule is CC1(CNS(=O)(=O)c2ccc([N+](=O)[O-])c3cccnc23)CCNCC1.Cl. The molecule has 1 aliphatic heterocycles. The van der Waals surface area contributed by atoms with E-state index in [1.165, 1.54) is 24.4 Å². The second-order valence-electron chi connectivity index (χ2n) is 6.62. The summed E-state index contributed by atoms with van der Waals surface area (Å²) in [6, 6.07) is 5.52. The molecule has 8 nitrogen and oxygen atoms in total. The molecule has 2 N–H and O–H groups in total. The number of pyridine rings is 1. The van der Waals surface area contributed by atoms with E-state index in [-0.39, 0.29) is 39.3 Å². The van der Waals surface area contributed by atoms with Gasteiger partial charge in [0.2, 0.25) is 10.0 Å². The second-order valence-corrected chi connectivity index (χ2v) is 8.36. The highest BCUT2D eigenvalue weighted by atomic mass is 35.5. The van der Waals surface area contributed by atoms with Crippen molar-refractivity contribution in [3.05, 3.63) is 40.6 Å². The monoisotopic (exact) mass is 400 g/mol. The van der Waals surface area contributed by atoms with Crippen LogP contribution in [-0.4, -0.2) is 38.0 Å². The smallest absolute Gasteiger partial charge is 0.278 e. The van der Waals surface area contributed by atoms with Crippen LogP contribution in [0.2, 0.25) is 0 Å². The maximum atomic E-state index is 12.8. The van der Waals surface area contributed by atoms with Crippen molar-refractivity contribution < 1.29 is 13.3 Å². The van der Waals surface area contributed by atoms with E-state index in [2.05, 4.69) is 21.9 Å². The number of fused-ring (bicyclic) bond motifs is 1. The molecular formula is C16H21ClN4O4S. The minimum absolute atomic E-state index is 0. The van der Waals surface area contributed by atoms with Gasteiger partial charge >= 0.3 is 0 Å². The molecule has 0 saturated carbocycles. The summed E-state index contributed by atoms with van der Waals surface area (Å²) in [5.41, 5.74) is -0.158. The van der Waals surface area contributed by atoms with Crippen molar-refractivity contribution in [1.29, 1.82) is 0 Å². The van der Waals surface area contributed by atoms with Crippen molar-refractivity contribution in [2.75, 3.05) is 19.6 Å². The van der Waals surface area contributed by atoms with E-state index >= 15 is 0 Å². The van der Waals surface area contributed by atoms with Gasteiger partial charge < -0.3 is 5.32 Å². The molecule has 0 unspecified atom stereocenters. The van der Waals surface area contributed by atoms with Gasteiger partial charge in [0, 0.05) is 18.8 Å². The lowest BCUT2D eigenvalue weighted by atomic mass is 9.81. The number of nitro benzene ring substituents is 1. The average Bonchev–Trinajstić information content (AvgIpc) is 2.60. The standard InChI is InChI=1S/C16H20N4O4S.ClH/c1-16(6-9-17-10-7-16)11-19-25(23,24)14-5-4-13(20(21)22)12-3-2-8-18-15(12)14;/h2-5,8,17,19H,6-7,9-11H2,1H3;1H. The lowest BCUT2D eigenvalue weighted by Crippen LogP contribution is -2.42. The summed E-state index contributed by atoms with van der Waals surface area (Å²) in [5, 5.41) is 14.6. The van der Waals surface area contributed by atoms with Crippen LogP contribution in [0.3, 0.4) is 0 Å². The Morgan fingerprint density at radius 3 is 2.65 bits per heavy atom. The first kappa shape index (κ1) is 20.5. The summed E-state index contributed by atoms with van der Waals surface area (Å²) >= 11 is 0. The van der Waals surface area contributed by atoms with E-state index in [9.17, 15) is 18.5 Å². The Bertz CT molecular complexity index is 914. The fraction of sp³-hybridized carbons (Fsp3) is 0.438. The van der Waals surface area contributed by atoms with Gasteiger partial charge in [0.1, 0.15) is 4.90 Å². The number of benzene rings is 1. The van der Waals surface area contributed by atoms with Crippen LogP contribution in [0, 0.1) is 15.5 Å². The number of non-ortho nitro benzene ring substituents is 1. The number of sulfonamides is 1. The predicted octanol–water partition coefficient (Wildman–Crippen LogP) is 2.23. The first-order valence-electron chi connectivity index (χ1n) is 8.05.